The Hall–Kier alpha value is -2.96. The molecule has 0 unspecified atom stereocenters. The van der Waals surface area contributed by atoms with Crippen LogP contribution < -0.4 is 0 Å². The van der Waals surface area contributed by atoms with Crippen LogP contribution in [0.3, 0.4) is 0 Å². The second-order valence-corrected chi connectivity index (χ2v) is 10.1. The van der Waals surface area contributed by atoms with E-state index in [1.165, 1.54) is 37.3 Å². The van der Waals surface area contributed by atoms with Crippen LogP contribution >= 0.6 is 10.7 Å². The molecule has 1 aromatic heterocycles. The van der Waals surface area contributed by atoms with Gasteiger partial charge < -0.3 is 4.74 Å². The van der Waals surface area contributed by atoms with E-state index < -0.39 is 57.1 Å². The van der Waals surface area contributed by atoms with E-state index in [2.05, 4.69) is 0 Å². The molecule has 0 N–H and O–H groups in total. The van der Waals surface area contributed by atoms with Gasteiger partial charge >= 0.3 is 5.97 Å². The summed E-state index contributed by atoms with van der Waals surface area (Å²) in [6.45, 7) is 1.21. The lowest BCUT2D eigenvalue weighted by Crippen LogP contribution is -2.21. The molecule has 0 atom stereocenters. The fourth-order valence-corrected chi connectivity index (χ4v) is 5.88. The molecule has 0 aliphatic carbocycles. The minimum atomic E-state index is -4.72. The standard InChI is InChI=1S/C17H13ClN2O8S2/c1-2-28-17(21)15-16(29(18,24)25)12-9-6-10-13(20(22)23)14(12)19(15)30(26,27)11-7-4-3-5-8-11/h3-10H,2H2,1H3. The van der Waals surface area contributed by atoms with E-state index in [1.807, 2.05) is 0 Å². The molecule has 0 bridgehead atoms. The van der Waals surface area contributed by atoms with Crippen molar-refractivity contribution in [3.8, 4) is 0 Å². The zero-order valence-corrected chi connectivity index (χ0v) is 17.6. The molecule has 13 heteroatoms. The van der Waals surface area contributed by atoms with Gasteiger partial charge in [-0.25, -0.2) is 25.6 Å². The maximum atomic E-state index is 13.4. The van der Waals surface area contributed by atoms with Crippen LogP contribution in [-0.2, 0) is 23.8 Å². The van der Waals surface area contributed by atoms with Crippen molar-refractivity contribution in [2.45, 2.75) is 16.7 Å². The Morgan fingerprint density at radius 3 is 2.27 bits per heavy atom. The lowest BCUT2D eigenvalue weighted by molar-refractivity contribution is -0.383. The maximum Gasteiger partial charge on any atom is 0.357 e. The van der Waals surface area contributed by atoms with Gasteiger partial charge in [0.1, 0.15) is 10.4 Å². The van der Waals surface area contributed by atoms with Gasteiger partial charge in [0.15, 0.2) is 5.69 Å². The van der Waals surface area contributed by atoms with Crippen molar-refractivity contribution in [2.75, 3.05) is 6.61 Å². The first-order valence-corrected chi connectivity index (χ1v) is 12.0. The van der Waals surface area contributed by atoms with Crippen LogP contribution in [0.25, 0.3) is 10.9 Å². The number of ether oxygens (including phenoxy) is 1. The third kappa shape index (κ3) is 3.53. The quantitative estimate of drug-likeness (QED) is 0.230. The fraction of sp³-hybridized carbons (Fsp3) is 0.118. The minimum absolute atomic E-state index is 0.213. The van der Waals surface area contributed by atoms with Gasteiger partial charge in [-0.05, 0) is 19.1 Å². The molecule has 0 fully saturated rings. The van der Waals surface area contributed by atoms with Crippen molar-refractivity contribution < 1.29 is 31.3 Å². The average molecular weight is 473 g/mol. The second-order valence-electron chi connectivity index (χ2n) is 5.85. The van der Waals surface area contributed by atoms with Gasteiger partial charge in [0.05, 0.1) is 16.4 Å². The third-order valence-electron chi connectivity index (χ3n) is 4.07. The second kappa shape index (κ2) is 7.70. The molecule has 158 valence electrons. The minimum Gasteiger partial charge on any atom is -0.461 e. The van der Waals surface area contributed by atoms with Crippen molar-refractivity contribution in [3.05, 3.63) is 64.3 Å². The Bertz CT molecular complexity index is 1380. The van der Waals surface area contributed by atoms with Crippen LogP contribution in [-0.4, -0.2) is 38.3 Å². The third-order valence-corrected chi connectivity index (χ3v) is 7.15. The van der Waals surface area contributed by atoms with E-state index in [-0.39, 0.29) is 11.5 Å². The lowest BCUT2D eigenvalue weighted by atomic mass is 10.2. The number of carbonyl (C=O) groups is 1. The molecule has 0 saturated carbocycles. The molecular weight excluding hydrogens is 460 g/mol. The average Bonchev–Trinajstić information content (AvgIpc) is 3.05. The fourth-order valence-electron chi connectivity index (χ4n) is 2.97. The first-order valence-electron chi connectivity index (χ1n) is 8.26. The van der Waals surface area contributed by atoms with Crippen LogP contribution in [0.5, 0.6) is 0 Å². The number of hydrogen-bond donors (Lipinski definition) is 0. The van der Waals surface area contributed by atoms with E-state index >= 15 is 0 Å². The summed E-state index contributed by atoms with van der Waals surface area (Å²) >= 11 is 0. The monoisotopic (exact) mass is 472 g/mol. The summed E-state index contributed by atoms with van der Waals surface area (Å²) in [5, 5.41) is 11.2. The number of carbonyl (C=O) groups excluding carboxylic acids is 1. The number of non-ortho nitro benzene ring substituents is 1. The molecule has 3 aromatic rings. The topological polar surface area (TPSA) is 143 Å². The zero-order valence-electron chi connectivity index (χ0n) is 15.2. The number of nitro benzene ring substituents is 1. The number of hydrogen-bond acceptors (Lipinski definition) is 8. The molecule has 10 nitrogen and oxygen atoms in total. The van der Waals surface area contributed by atoms with Gasteiger partial charge in [-0.15, -0.1) is 0 Å². The molecule has 0 radical (unpaired) electrons. The number of halogens is 1. The van der Waals surface area contributed by atoms with Crippen molar-refractivity contribution in [1.29, 1.82) is 0 Å². The van der Waals surface area contributed by atoms with Crippen LogP contribution in [0.2, 0.25) is 0 Å². The number of para-hydroxylation sites is 1. The molecule has 0 saturated heterocycles. The molecule has 0 spiro atoms. The van der Waals surface area contributed by atoms with Gasteiger partial charge in [-0.2, -0.15) is 0 Å². The van der Waals surface area contributed by atoms with E-state index in [0.717, 1.165) is 18.2 Å². The summed E-state index contributed by atoms with van der Waals surface area (Å²) in [6, 6.07) is 9.98. The number of fused-ring (bicyclic) bond motifs is 1. The predicted molar refractivity (Wildman–Crippen MR) is 107 cm³/mol. The number of nitro groups is 1. The van der Waals surface area contributed by atoms with Gasteiger partial charge in [-0.1, -0.05) is 30.3 Å². The zero-order chi connectivity index (χ0) is 22.3. The molecule has 0 aliphatic heterocycles. The smallest absolute Gasteiger partial charge is 0.357 e. The van der Waals surface area contributed by atoms with E-state index in [4.69, 9.17) is 15.4 Å². The Balaban J connectivity index is 2.66. The Labute approximate surface area is 175 Å². The Morgan fingerprint density at radius 1 is 1.10 bits per heavy atom. The molecule has 0 amide bonds. The molecule has 30 heavy (non-hydrogen) atoms. The van der Waals surface area contributed by atoms with Gasteiger partial charge in [0.2, 0.25) is 0 Å². The number of aromatic nitrogens is 1. The van der Waals surface area contributed by atoms with Crippen molar-refractivity contribution in [1.82, 2.24) is 3.97 Å². The summed E-state index contributed by atoms with van der Waals surface area (Å²) in [5.41, 5.74) is -2.29. The normalized spacial score (nSPS) is 12.1. The lowest BCUT2D eigenvalue weighted by Gasteiger charge is -2.12. The Kier molecular flexibility index (Phi) is 5.58. The van der Waals surface area contributed by atoms with Crippen LogP contribution in [0.4, 0.5) is 5.69 Å². The number of nitrogens with zero attached hydrogens (tertiary/aromatic N) is 2. The summed E-state index contributed by atoms with van der Waals surface area (Å²) in [6.07, 6.45) is 0. The highest BCUT2D eigenvalue weighted by Crippen LogP contribution is 2.39. The highest BCUT2D eigenvalue weighted by atomic mass is 35.7. The molecule has 2 aromatic carbocycles. The van der Waals surface area contributed by atoms with Crippen molar-refractivity contribution in [3.63, 3.8) is 0 Å². The first-order chi connectivity index (χ1) is 14.0. The van der Waals surface area contributed by atoms with Crippen LogP contribution in [0.15, 0.2) is 58.3 Å². The van der Waals surface area contributed by atoms with Crippen molar-refractivity contribution >= 4 is 52.3 Å². The molecule has 0 aliphatic rings. The Morgan fingerprint density at radius 2 is 1.73 bits per heavy atom. The molecule has 1 heterocycles. The number of esters is 1. The SMILES string of the molecule is CCOC(=O)c1c(S(=O)(=O)Cl)c2cccc([N+](=O)[O-])c2n1S(=O)(=O)c1ccccc1. The van der Waals surface area contributed by atoms with E-state index in [9.17, 15) is 31.7 Å². The summed E-state index contributed by atoms with van der Waals surface area (Å²) in [7, 11) is -3.88. The van der Waals surface area contributed by atoms with E-state index in [0.29, 0.717) is 3.97 Å². The molecular formula is C17H13ClN2O8S2. The van der Waals surface area contributed by atoms with Crippen LogP contribution in [0, 0.1) is 10.1 Å². The highest BCUT2D eigenvalue weighted by Gasteiger charge is 2.39. The van der Waals surface area contributed by atoms with Gasteiger partial charge in [0.25, 0.3) is 24.8 Å². The summed E-state index contributed by atoms with van der Waals surface area (Å²) in [4.78, 5) is 22.1. The van der Waals surface area contributed by atoms with Crippen molar-refractivity contribution in [2.24, 2.45) is 0 Å². The van der Waals surface area contributed by atoms with Gasteiger partial charge in [-0.3, -0.25) is 10.1 Å². The van der Waals surface area contributed by atoms with E-state index in [1.54, 1.807) is 0 Å². The maximum absolute atomic E-state index is 13.4. The number of benzene rings is 2. The highest BCUT2D eigenvalue weighted by molar-refractivity contribution is 8.14. The number of rotatable bonds is 6. The summed E-state index contributed by atoms with van der Waals surface area (Å²) in [5.74, 6) is -1.32. The first kappa shape index (κ1) is 21.7. The molecule has 3 rings (SSSR count). The largest absolute Gasteiger partial charge is 0.461 e. The van der Waals surface area contributed by atoms with Crippen LogP contribution in [0.1, 0.15) is 17.4 Å². The van der Waals surface area contributed by atoms with Gasteiger partial charge in [0, 0.05) is 22.1 Å². The predicted octanol–water partition coefficient (Wildman–Crippen LogP) is 2.89. The summed E-state index contributed by atoms with van der Waals surface area (Å²) < 4.78 is 56.6.